The summed E-state index contributed by atoms with van der Waals surface area (Å²) in [5.74, 6) is -1.36. The molecule has 0 radical (unpaired) electrons. The molecule has 1 aliphatic rings. The average Bonchev–Trinajstić information content (AvgIpc) is 3.48. The van der Waals surface area contributed by atoms with Gasteiger partial charge in [-0.1, -0.05) is 6.07 Å². The summed E-state index contributed by atoms with van der Waals surface area (Å²) in [6.45, 7) is 2.11. The number of phenolic OH excluding ortho intramolecular Hbond substituents is 1. The summed E-state index contributed by atoms with van der Waals surface area (Å²) < 4.78 is 16.0. The Labute approximate surface area is 171 Å². The number of aliphatic hydroxyl groups is 1. The lowest BCUT2D eigenvalue weighted by atomic mass is 9.94. The predicted molar refractivity (Wildman–Crippen MR) is 104 cm³/mol. The smallest absolute Gasteiger partial charge is 0.290 e. The molecule has 1 aliphatic heterocycles. The number of aliphatic hydroxyl groups excluding tert-OH is 1. The fraction of sp³-hybridized carbons (Fsp3) is 0.182. The summed E-state index contributed by atoms with van der Waals surface area (Å²) in [6, 6.07) is 9.98. The van der Waals surface area contributed by atoms with Gasteiger partial charge in [0.2, 0.25) is 5.78 Å². The van der Waals surface area contributed by atoms with Gasteiger partial charge in [-0.3, -0.25) is 9.59 Å². The van der Waals surface area contributed by atoms with E-state index in [0.717, 1.165) is 0 Å². The van der Waals surface area contributed by atoms with Crippen molar-refractivity contribution in [2.24, 2.45) is 0 Å². The van der Waals surface area contributed by atoms with Gasteiger partial charge in [-0.05, 0) is 48.9 Å². The average molecular weight is 409 g/mol. The molecule has 154 valence electrons. The number of nitrogens with zero attached hydrogens (tertiary/aromatic N) is 1. The highest BCUT2D eigenvalue weighted by Crippen LogP contribution is 2.42. The van der Waals surface area contributed by atoms with Crippen LogP contribution in [0.15, 0.2) is 75.2 Å². The molecule has 1 unspecified atom stereocenters. The highest BCUT2D eigenvalue weighted by Gasteiger charge is 2.45. The minimum atomic E-state index is -0.931. The van der Waals surface area contributed by atoms with Crippen LogP contribution in [-0.2, 0) is 11.3 Å². The van der Waals surface area contributed by atoms with E-state index in [4.69, 9.17) is 13.6 Å². The van der Waals surface area contributed by atoms with E-state index >= 15 is 0 Å². The molecule has 0 aliphatic carbocycles. The number of hydrogen-bond donors (Lipinski definition) is 2. The number of benzene rings is 1. The predicted octanol–water partition coefficient (Wildman–Crippen LogP) is 3.76. The molecule has 8 heteroatoms. The summed E-state index contributed by atoms with van der Waals surface area (Å²) >= 11 is 0. The number of hydrogen-bond acceptors (Lipinski definition) is 7. The van der Waals surface area contributed by atoms with Crippen LogP contribution < -0.4 is 4.74 Å². The molecule has 8 nitrogen and oxygen atoms in total. The zero-order valence-electron chi connectivity index (χ0n) is 16.1. The number of carbonyl (C=O) groups excluding carboxylic acids is 2. The van der Waals surface area contributed by atoms with Crippen molar-refractivity contribution < 1.29 is 33.4 Å². The van der Waals surface area contributed by atoms with Crippen LogP contribution in [-0.4, -0.2) is 33.4 Å². The summed E-state index contributed by atoms with van der Waals surface area (Å²) in [6.07, 6.45) is 2.81. The number of furan rings is 2. The third-order valence-corrected chi connectivity index (χ3v) is 4.80. The second-order valence-corrected chi connectivity index (χ2v) is 6.64. The maximum absolute atomic E-state index is 13.1. The quantitative estimate of drug-likeness (QED) is 0.571. The molecule has 4 rings (SSSR count). The zero-order valence-corrected chi connectivity index (χ0v) is 16.1. The highest BCUT2D eigenvalue weighted by atomic mass is 16.5. The third-order valence-electron chi connectivity index (χ3n) is 4.80. The van der Waals surface area contributed by atoms with Gasteiger partial charge >= 0.3 is 0 Å². The van der Waals surface area contributed by atoms with Gasteiger partial charge in [0.1, 0.15) is 5.76 Å². The molecule has 2 N–H and O–H groups in total. The fourth-order valence-corrected chi connectivity index (χ4v) is 3.48. The molecule has 1 aromatic carbocycles. The van der Waals surface area contributed by atoms with Crippen LogP contribution >= 0.6 is 0 Å². The number of aromatic hydroxyl groups is 1. The largest absolute Gasteiger partial charge is 0.504 e. The van der Waals surface area contributed by atoms with Crippen molar-refractivity contribution >= 4 is 11.7 Å². The van der Waals surface area contributed by atoms with E-state index in [1.807, 2.05) is 0 Å². The van der Waals surface area contributed by atoms with Gasteiger partial charge in [-0.25, -0.2) is 0 Å². The van der Waals surface area contributed by atoms with Crippen molar-refractivity contribution in [2.45, 2.75) is 19.5 Å². The molecule has 30 heavy (non-hydrogen) atoms. The van der Waals surface area contributed by atoms with Gasteiger partial charge in [-0.2, -0.15) is 0 Å². The molecule has 0 spiro atoms. The third kappa shape index (κ3) is 3.32. The van der Waals surface area contributed by atoms with E-state index in [2.05, 4.69) is 0 Å². The van der Waals surface area contributed by atoms with Gasteiger partial charge in [0.15, 0.2) is 23.0 Å². The molecular weight excluding hydrogens is 390 g/mol. The molecule has 2 aromatic heterocycles. The summed E-state index contributed by atoms with van der Waals surface area (Å²) in [5.41, 5.74) is 0.366. The first-order chi connectivity index (χ1) is 14.5. The summed E-state index contributed by atoms with van der Waals surface area (Å²) in [4.78, 5) is 27.3. The Bertz CT molecular complexity index is 1100. The van der Waals surface area contributed by atoms with E-state index in [-0.39, 0.29) is 29.4 Å². The molecule has 1 amide bonds. The first kappa shape index (κ1) is 19.4. The van der Waals surface area contributed by atoms with Gasteiger partial charge in [0, 0.05) is 0 Å². The van der Waals surface area contributed by atoms with Crippen LogP contribution in [0.5, 0.6) is 11.5 Å². The Hall–Kier alpha value is -3.94. The highest BCUT2D eigenvalue weighted by molar-refractivity contribution is 6.15. The van der Waals surface area contributed by atoms with Crippen LogP contribution in [0.2, 0.25) is 0 Å². The Morgan fingerprint density at radius 3 is 2.57 bits per heavy atom. The molecular formula is C22H19NO7. The number of phenols is 1. The van der Waals surface area contributed by atoms with Crippen molar-refractivity contribution in [2.75, 3.05) is 6.61 Å². The van der Waals surface area contributed by atoms with Crippen molar-refractivity contribution in [3.8, 4) is 11.5 Å². The van der Waals surface area contributed by atoms with Crippen LogP contribution in [0.3, 0.4) is 0 Å². The standard InChI is InChI=1S/C22H19NO7/c1-2-28-17-11-13(7-8-15(17)24)19-18(20(25)16-6-4-10-30-16)21(26)22(27)23(19)12-14-5-3-9-29-14/h3-11,19,24,26H,2,12H2,1H3. The first-order valence-corrected chi connectivity index (χ1v) is 9.31. The number of amides is 1. The number of carbonyl (C=O) groups is 2. The Morgan fingerprint density at radius 1 is 1.13 bits per heavy atom. The van der Waals surface area contributed by atoms with Gasteiger partial charge < -0.3 is 28.7 Å². The van der Waals surface area contributed by atoms with Crippen LogP contribution in [0.4, 0.5) is 0 Å². The summed E-state index contributed by atoms with van der Waals surface area (Å²) in [7, 11) is 0. The van der Waals surface area contributed by atoms with Crippen LogP contribution in [0, 0.1) is 0 Å². The molecule has 0 bridgehead atoms. The minimum absolute atomic E-state index is 0.00184. The SMILES string of the molecule is CCOc1cc(C2C(C(=O)c3ccco3)=C(O)C(=O)N2Cc2ccco2)ccc1O. The van der Waals surface area contributed by atoms with Crippen molar-refractivity contribution in [3.63, 3.8) is 0 Å². The lowest BCUT2D eigenvalue weighted by Crippen LogP contribution is -2.30. The minimum Gasteiger partial charge on any atom is -0.504 e. The lowest BCUT2D eigenvalue weighted by molar-refractivity contribution is -0.130. The second-order valence-electron chi connectivity index (χ2n) is 6.64. The van der Waals surface area contributed by atoms with E-state index in [1.54, 1.807) is 37.3 Å². The Balaban J connectivity index is 1.82. The van der Waals surface area contributed by atoms with Crippen molar-refractivity contribution in [1.29, 1.82) is 0 Å². The lowest BCUT2D eigenvalue weighted by Gasteiger charge is -2.26. The number of rotatable bonds is 7. The molecule has 3 aromatic rings. The molecule has 1 atom stereocenters. The number of Topliss-reactive ketones (excluding diaryl/α,β-unsaturated/α-hetero) is 1. The van der Waals surface area contributed by atoms with Crippen molar-refractivity contribution in [1.82, 2.24) is 4.90 Å². The maximum Gasteiger partial charge on any atom is 0.290 e. The van der Waals surface area contributed by atoms with Crippen LogP contribution in [0.1, 0.15) is 34.8 Å². The Morgan fingerprint density at radius 2 is 1.90 bits per heavy atom. The van der Waals surface area contributed by atoms with Gasteiger partial charge in [-0.15, -0.1) is 0 Å². The van der Waals surface area contributed by atoms with E-state index in [1.165, 1.54) is 29.6 Å². The normalized spacial score (nSPS) is 16.4. The zero-order chi connectivity index (χ0) is 21.3. The summed E-state index contributed by atoms with van der Waals surface area (Å²) in [5, 5.41) is 20.6. The number of ketones is 1. The second kappa shape index (κ2) is 7.82. The Kier molecular flexibility index (Phi) is 5.05. The van der Waals surface area contributed by atoms with Crippen molar-refractivity contribution in [3.05, 3.63) is 83.4 Å². The van der Waals surface area contributed by atoms with Gasteiger partial charge in [0.25, 0.3) is 5.91 Å². The molecule has 0 saturated carbocycles. The monoisotopic (exact) mass is 409 g/mol. The van der Waals surface area contributed by atoms with Gasteiger partial charge in [0.05, 0.1) is 37.3 Å². The van der Waals surface area contributed by atoms with E-state index < -0.39 is 23.5 Å². The fourth-order valence-electron chi connectivity index (χ4n) is 3.48. The van der Waals surface area contributed by atoms with E-state index in [0.29, 0.717) is 17.9 Å². The van der Waals surface area contributed by atoms with E-state index in [9.17, 15) is 19.8 Å². The molecule has 0 fully saturated rings. The topological polar surface area (TPSA) is 113 Å². The number of ether oxygens (including phenoxy) is 1. The maximum atomic E-state index is 13.1. The molecule has 3 heterocycles. The molecule has 0 saturated heterocycles. The van der Waals surface area contributed by atoms with Crippen LogP contribution in [0.25, 0.3) is 0 Å². The first-order valence-electron chi connectivity index (χ1n) is 9.31.